The molecule has 0 spiro atoms. The van der Waals surface area contributed by atoms with Crippen molar-refractivity contribution in [3.05, 3.63) is 58.7 Å². The Labute approximate surface area is 129 Å². The average molecular weight is 298 g/mol. The number of ether oxygens (including phenoxy) is 2. The first-order valence-corrected chi connectivity index (χ1v) is 7.11. The molecular formula is C18H18O4. The molecule has 0 amide bonds. The van der Waals surface area contributed by atoms with Crippen LogP contribution in [0.1, 0.15) is 45.7 Å². The molecule has 0 radical (unpaired) electrons. The van der Waals surface area contributed by atoms with Crippen LogP contribution >= 0.6 is 0 Å². The monoisotopic (exact) mass is 298 g/mol. The van der Waals surface area contributed by atoms with E-state index >= 15 is 0 Å². The second-order valence-electron chi connectivity index (χ2n) is 4.48. The van der Waals surface area contributed by atoms with E-state index in [-0.39, 0.29) is 11.6 Å². The molecule has 0 unspecified atom stereocenters. The van der Waals surface area contributed by atoms with E-state index in [1.807, 2.05) is 13.8 Å². The number of fused-ring (bicyclic) bond motifs is 2. The summed E-state index contributed by atoms with van der Waals surface area (Å²) in [4.78, 5) is 24.9. The number of benzene rings is 2. The number of rotatable bonds is 2. The Hall–Kier alpha value is -2.62. The molecule has 1 aliphatic carbocycles. The van der Waals surface area contributed by atoms with E-state index in [9.17, 15) is 9.59 Å². The lowest BCUT2D eigenvalue weighted by Crippen LogP contribution is -2.20. The van der Waals surface area contributed by atoms with Crippen LogP contribution in [-0.2, 0) is 0 Å². The minimum absolute atomic E-state index is 0.170. The zero-order valence-corrected chi connectivity index (χ0v) is 13.1. The van der Waals surface area contributed by atoms with Crippen LogP contribution in [0.15, 0.2) is 36.4 Å². The van der Waals surface area contributed by atoms with Crippen LogP contribution < -0.4 is 9.47 Å². The van der Waals surface area contributed by atoms with Gasteiger partial charge < -0.3 is 9.47 Å². The summed E-state index contributed by atoms with van der Waals surface area (Å²) < 4.78 is 10.2. The highest BCUT2D eigenvalue weighted by atomic mass is 16.5. The van der Waals surface area contributed by atoms with Gasteiger partial charge in [0.1, 0.15) is 11.5 Å². The molecule has 0 N–H and O–H groups in total. The third-order valence-corrected chi connectivity index (χ3v) is 3.43. The van der Waals surface area contributed by atoms with Gasteiger partial charge in [0.25, 0.3) is 0 Å². The van der Waals surface area contributed by atoms with Gasteiger partial charge in [0.05, 0.1) is 14.2 Å². The molecule has 1 aliphatic rings. The lowest BCUT2D eigenvalue weighted by Gasteiger charge is -2.18. The van der Waals surface area contributed by atoms with Gasteiger partial charge in [0.2, 0.25) is 0 Å². The number of hydrogen-bond acceptors (Lipinski definition) is 4. The lowest BCUT2D eigenvalue weighted by molar-refractivity contribution is 0.0978. The Morgan fingerprint density at radius 2 is 1.00 bits per heavy atom. The molecule has 22 heavy (non-hydrogen) atoms. The molecule has 0 fully saturated rings. The summed E-state index contributed by atoms with van der Waals surface area (Å²) in [5.74, 6) is 0.774. The van der Waals surface area contributed by atoms with Gasteiger partial charge in [-0.2, -0.15) is 0 Å². The van der Waals surface area contributed by atoms with Gasteiger partial charge in [0.15, 0.2) is 11.6 Å². The van der Waals surface area contributed by atoms with Crippen molar-refractivity contribution in [1.82, 2.24) is 0 Å². The first kappa shape index (κ1) is 15.8. The molecule has 0 aliphatic heterocycles. The zero-order valence-electron chi connectivity index (χ0n) is 13.1. The number of methoxy groups -OCH3 is 2. The van der Waals surface area contributed by atoms with Crippen LogP contribution in [0.4, 0.5) is 0 Å². The quantitative estimate of drug-likeness (QED) is 0.726. The molecule has 0 aromatic heterocycles. The van der Waals surface area contributed by atoms with Crippen LogP contribution in [0.3, 0.4) is 0 Å². The van der Waals surface area contributed by atoms with Crippen molar-refractivity contribution in [2.45, 2.75) is 13.8 Å². The molecule has 2 aromatic carbocycles. The summed E-state index contributed by atoms with van der Waals surface area (Å²) in [5, 5.41) is 0. The fourth-order valence-electron chi connectivity index (χ4n) is 2.36. The fraction of sp³-hybridized carbons (Fsp3) is 0.222. The summed E-state index contributed by atoms with van der Waals surface area (Å²) in [6.45, 7) is 4.00. The topological polar surface area (TPSA) is 52.6 Å². The molecule has 4 nitrogen and oxygen atoms in total. The predicted molar refractivity (Wildman–Crippen MR) is 84.2 cm³/mol. The molecule has 4 heteroatoms. The van der Waals surface area contributed by atoms with Crippen LogP contribution in [0.2, 0.25) is 0 Å². The molecule has 114 valence electrons. The molecule has 0 atom stereocenters. The predicted octanol–water partition coefficient (Wildman–Crippen LogP) is 3.51. The van der Waals surface area contributed by atoms with E-state index in [2.05, 4.69) is 0 Å². The maximum Gasteiger partial charge on any atom is 0.194 e. The zero-order chi connectivity index (χ0) is 16.3. The second kappa shape index (κ2) is 6.43. The fourth-order valence-corrected chi connectivity index (χ4v) is 2.36. The van der Waals surface area contributed by atoms with Crippen molar-refractivity contribution in [2.24, 2.45) is 0 Å². The van der Waals surface area contributed by atoms with Crippen LogP contribution in [0.5, 0.6) is 11.5 Å². The van der Waals surface area contributed by atoms with E-state index in [0.717, 1.165) is 0 Å². The van der Waals surface area contributed by atoms with E-state index in [4.69, 9.17) is 9.47 Å². The van der Waals surface area contributed by atoms with Crippen LogP contribution in [-0.4, -0.2) is 25.8 Å². The molecule has 0 bridgehead atoms. The highest BCUT2D eigenvalue weighted by molar-refractivity contribution is 6.28. The van der Waals surface area contributed by atoms with Gasteiger partial charge in [-0.25, -0.2) is 0 Å². The second-order valence-corrected chi connectivity index (χ2v) is 4.48. The van der Waals surface area contributed by atoms with Gasteiger partial charge in [-0.05, 0) is 36.4 Å². The Bertz CT molecular complexity index is 668. The minimum Gasteiger partial charge on any atom is -0.497 e. The van der Waals surface area contributed by atoms with Crippen LogP contribution in [0, 0.1) is 0 Å². The lowest BCUT2D eigenvalue weighted by atomic mass is 9.84. The van der Waals surface area contributed by atoms with Crippen molar-refractivity contribution in [1.29, 1.82) is 0 Å². The summed E-state index contributed by atoms with van der Waals surface area (Å²) in [7, 11) is 3.05. The molecule has 0 saturated carbocycles. The van der Waals surface area contributed by atoms with Gasteiger partial charge in [-0.1, -0.05) is 13.8 Å². The SMILES string of the molecule is CC.COc1ccc2c(c1)C(=O)c1ccc(OC)cc1C2=O. The maximum absolute atomic E-state index is 12.5. The van der Waals surface area contributed by atoms with Crippen molar-refractivity contribution in [3.63, 3.8) is 0 Å². The van der Waals surface area contributed by atoms with Gasteiger partial charge in [-0.15, -0.1) is 0 Å². The van der Waals surface area contributed by atoms with E-state index < -0.39 is 0 Å². The van der Waals surface area contributed by atoms with Crippen LogP contribution in [0.25, 0.3) is 0 Å². The molecular weight excluding hydrogens is 280 g/mol. The molecule has 0 saturated heterocycles. The average Bonchev–Trinajstić information content (AvgIpc) is 2.60. The Balaban J connectivity index is 0.000000847. The normalized spacial score (nSPS) is 11.8. The Kier molecular flexibility index (Phi) is 4.61. The van der Waals surface area contributed by atoms with E-state index in [1.165, 1.54) is 14.2 Å². The highest BCUT2D eigenvalue weighted by Gasteiger charge is 2.30. The van der Waals surface area contributed by atoms with Crippen molar-refractivity contribution < 1.29 is 19.1 Å². The number of carbonyl (C=O) groups is 2. The Morgan fingerprint density at radius 1 is 0.636 bits per heavy atom. The third kappa shape index (κ3) is 2.48. The van der Waals surface area contributed by atoms with Gasteiger partial charge in [0, 0.05) is 22.3 Å². The largest absolute Gasteiger partial charge is 0.497 e. The minimum atomic E-state index is -0.170. The van der Waals surface area contributed by atoms with Gasteiger partial charge >= 0.3 is 0 Å². The third-order valence-electron chi connectivity index (χ3n) is 3.43. The molecule has 2 aromatic rings. The first-order chi connectivity index (χ1) is 10.7. The van der Waals surface area contributed by atoms with Crippen molar-refractivity contribution in [3.8, 4) is 11.5 Å². The summed E-state index contributed by atoms with van der Waals surface area (Å²) >= 11 is 0. The van der Waals surface area contributed by atoms with Gasteiger partial charge in [-0.3, -0.25) is 9.59 Å². The summed E-state index contributed by atoms with van der Waals surface area (Å²) in [6, 6.07) is 9.80. The van der Waals surface area contributed by atoms with Crippen molar-refractivity contribution in [2.75, 3.05) is 14.2 Å². The first-order valence-electron chi connectivity index (χ1n) is 7.11. The number of carbonyl (C=O) groups excluding carboxylic acids is 2. The molecule has 3 rings (SSSR count). The smallest absolute Gasteiger partial charge is 0.194 e. The number of hydrogen-bond donors (Lipinski definition) is 0. The van der Waals surface area contributed by atoms with Crippen molar-refractivity contribution >= 4 is 11.6 Å². The Morgan fingerprint density at radius 3 is 1.32 bits per heavy atom. The standard InChI is InChI=1S/C16H12O4.C2H6/c1-19-9-3-5-11-13(7-9)15(17)12-6-4-10(20-2)8-14(12)16(11)18;1-2/h3-8H,1-2H3;1-2H3. The van der Waals surface area contributed by atoms with E-state index in [1.54, 1.807) is 36.4 Å². The maximum atomic E-state index is 12.5. The summed E-state index contributed by atoms with van der Waals surface area (Å²) in [6.07, 6.45) is 0. The number of ketones is 2. The summed E-state index contributed by atoms with van der Waals surface area (Å²) in [5.41, 5.74) is 1.56. The highest BCUT2D eigenvalue weighted by Crippen LogP contribution is 2.31. The van der Waals surface area contributed by atoms with E-state index in [0.29, 0.717) is 33.8 Å². The molecule has 0 heterocycles.